The number of piperidine rings is 1. The van der Waals surface area contributed by atoms with Gasteiger partial charge in [-0.15, -0.1) is 0 Å². The second-order valence-corrected chi connectivity index (χ2v) is 5.39. The van der Waals surface area contributed by atoms with Crippen LogP contribution in [0.15, 0.2) is 18.2 Å². The molecule has 2 N–H and O–H groups in total. The van der Waals surface area contributed by atoms with Crippen LogP contribution < -0.4 is 10.6 Å². The van der Waals surface area contributed by atoms with Crippen LogP contribution in [0, 0.1) is 12.7 Å². The molecule has 1 aromatic rings. The fourth-order valence-corrected chi connectivity index (χ4v) is 2.52. The van der Waals surface area contributed by atoms with Gasteiger partial charge in [-0.2, -0.15) is 0 Å². The molecule has 0 aromatic heterocycles. The Morgan fingerprint density at radius 1 is 1.47 bits per heavy atom. The van der Waals surface area contributed by atoms with E-state index in [9.17, 15) is 9.18 Å². The molecule has 1 aliphatic heterocycles. The molecule has 0 saturated carbocycles. The summed E-state index contributed by atoms with van der Waals surface area (Å²) in [5, 5.41) is 6.25. The molecule has 2 rings (SSSR count). The van der Waals surface area contributed by atoms with Crippen LogP contribution in [0.2, 0.25) is 0 Å². The summed E-state index contributed by atoms with van der Waals surface area (Å²) in [6, 6.07) is 5.46. The van der Waals surface area contributed by atoms with Crippen molar-refractivity contribution in [2.24, 2.45) is 0 Å². The first-order valence-electron chi connectivity index (χ1n) is 6.86. The van der Waals surface area contributed by atoms with E-state index >= 15 is 0 Å². The SMILES string of the molecule is Cc1ccc(C(=O)NCC2CCCC(C)N2)c(F)c1. The number of aryl methyl sites for hydroxylation is 1. The summed E-state index contributed by atoms with van der Waals surface area (Å²) < 4.78 is 13.7. The van der Waals surface area contributed by atoms with Crippen molar-refractivity contribution in [2.45, 2.75) is 45.2 Å². The van der Waals surface area contributed by atoms with Gasteiger partial charge in [0.15, 0.2) is 0 Å². The van der Waals surface area contributed by atoms with Gasteiger partial charge in [0.1, 0.15) is 5.82 Å². The first-order chi connectivity index (χ1) is 9.06. The molecule has 1 fully saturated rings. The Morgan fingerprint density at radius 2 is 2.26 bits per heavy atom. The summed E-state index contributed by atoms with van der Waals surface area (Å²) in [5.41, 5.74) is 0.936. The maximum Gasteiger partial charge on any atom is 0.254 e. The summed E-state index contributed by atoms with van der Waals surface area (Å²) in [4.78, 5) is 11.9. The Balaban J connectivity index is 1.90. The van der Waals surface area contributed by atoms with Gasteiger partial charge < -0.3 is 10.6 Å². The number of halogens is 1. The monoisotopic (exact) mass is 264 g/mol. The fourth-order valence-electron chi connectivity index (χ4n) is 2.52. The number of carbonyl (C=O) groups excluding carboxylic acids is 1. The second-order valence-electron chi connectivity index (χ2n) is 5.39. The number of rotatable bonds is 3. The normalized spacial score (nSPS) is 23.1. The zero-order valence-corrected chi connectivity index (χ0v) is 11.5. The zero-order chi connectivity index (χ0) is 13.8. The van der Waals surface area contributed by atoms with Crippen molar-refractivity contribution >= 4 is 5.91 Å². The van der Waals surface area contributed by atoms with E-state index in [4.69, 9.17) is 0 Å². The number of carbonyl (C=O) groups is 1. The predicted octanol–water partition coefficient (Wildman–Crippen LogP) is 2.39. The van der Waals surface area contributed by atoms with Gasteiger partial charge in [-0.25, -0.2) is 4.39 Å². The van der Waals surface area contributed by atoms with Gasteiger partial charge in [0.05, 0.1) is 5.56 Å². The molecule has 3 nitrogen and oxygen atoms in total. The lowest BCUT2D eigenvalue weighted by atomic mass is 9.99. The third-order valence-electron chi connectivity index (χ3n) is 3.59. The van der Waals surface area contributed by atoms with Crippen molar-refractivity contribution < 1.29 is 9.18 Å². The van der Waals surface area contributed by atoms with Crippen molar-refractivity contribution in [1.82, 2.24) is 10.6 Å². The van der Waals surface area contributed by atoms with Gasteiger partial charge in [-0.3, -0.25) is 4.79 Å². The van der Waals surface area contributed by atoms with Crippen LogP contribution in [0.4, 0.5) is 4.39 Å². The number of amides is 1. The van der Waals surface area contributed by atoms with E-state index in [-0.39, 0.29) is 11.5 Å². The van der Waals surface area contributed by atoms with Gasteiger partial charge in [0.2, 0.25) is 0 Å². The van der Waals surface area contributed by atoms with E-state index in [2.05, 4.69) is 17.6 Å². The predicted molar refractivity (Wildman–Crippen MR) is 73.7 cm³/mol. The molecule has 0 radical (unpaired) electrons. The van der Waals surface area contributed by atoms with Gasteiger partial charge in [0, 0.05) is 18.6 Å². The number of benzene rings is 1. The second kappa shape index (κ2) is 6.15. The smallest absolute Gasteiger partial charge is 0.254 e. The van der Waals surface area contributed by atoms with Crippen LogP contribution in [0.25, 0.3) is 0 Å². The average Bonchev–Trinajstić information content (AvgIpc) is 2.36. The van der Waals surface area contributed by atoms with Gasteiger partial charge in [-0.05, 0) is 44.4 Å². The molecule has 2 atom stereocenters. The Bertz CT molecular complexity index is 461. The Morgan fingerprint density at radius 3 is 2.95 bits per heavy atom. The van der Waals surface area contributed by atoms with E-state index in [0.29, 0.717) is 18.6 Å². The average molecular weight is 264 g/mol. The molecule has 2 unspecified atom stereocenters. The van der Waals surface area contributed by atoms with Crippen molar-refractivity contribution in [3.8, 4) is 0 Å². The minimum Gasteiger partial charge on any atom is -0.350 e. The third-order valence-corrected chi connectivity index (χ3v) is 3.59. The summed E-state index contributed by atoms with van der Waals surface area (Å²) >= 11 is 0. The van der Waals surface area contributed by atoms with E-state index in [0.717, 1.165) is 12.0 Å². The molecular weight excluding hydrogens is 243 g/mol. The third kappa shape index (κ3) is 3.77. The van der Waals surface area contributed by atoms with Crippen molar-refractivity contribution in [2.75, 3.05) is 6.54 Å². The first-order valence-corrected chi connectivity index (χ1v) is 6.86. The van der Waals surface area contributed by atoms with Crippen LogP contribution in [-0.4, -0.2) is 24.5 Å². The fraction of sp³-hybridized carbons (Fsp3) is 0.533. The molecule has 1 aromatic carbocycles. The first kappa shape index (κ1) is 14.0. The van der Waals surface area contributed by atoms with Crippen molar-refractivity contribution in [3.63, 3.8) is 0 Å². The molecule has 1 heterocycles. The summed E-state index contributed by atoms with van der Waals surface area (Å²) in [6.45, 7) is 4.50. The van der Waals surface area contributed by atoms with Gasteiger partial charge in [-0.1, -0.05) is 12.5 Å². The minimum atomic E-state index is -0.456. The Kier molecular flexibility index (Phi) is 4.53. The number of nitrogens with one attached hydrogen (secondary N) is 2. The quantitative estimate of drug-likeness (QED) is 0.880. The highest BCUT2D eigenvalue weighted by Gasteiger charge is 2.19. The van der Waals surface area contributed by atoms with Gasteiger partial charge in [0.25, 0.3) is 5.91 Å². The molecule has 0 spiro atoms. The summed E-state index contributed by atoms with van der Waals surface area (Å²) in [6.07, 6.45) is 3.41. The molecule has 1 amide bonds. The van der Waals surface area contributed by atoms with E-state index < -0.39 is 5.82 Å². The van der Waals surface area contributed by atoms with Gasteiger partial charge >= 0.3 is 0 Å². The Labute approximate surface area is 113 Å². The highest BCUT2D eigenvalue weighted by atomic mass is 19.1. The van der Waals surface area contributed by atoms with E-state index in [1.54, 1.807) is 13.0 Å². The lowest BCUT2D eigenvalue weighted by Gasteiger charge is -2.28. The maximum absolute atomic E-state index is 13.7. The molecule has 0 aliphatic carbocycles. The Hall–Kier alpha value is -1.42. The van der Waals surface area contributed by atoms with Crippen molar-refractivity contribution in [1.29, 1.82) is 0 Å². The highest BCUT2D eigenvalue weighted by Crippen LogP contribution is 2.12. The number of hydrogen-bond donors (Lipinski definition) is 2. The standard InChI is InChI=1S/C15H21FN2O/c1-10-6-7-13(14(16)8-10)15(19)17-9-12-5-3-4-11(2)18-12/h6-8,11-12,18H,3-5,9H2,1-2H3,(H,17,19). The minimum absolute atomic E-state index is 0.120. The molecule has 0 bridgehead atoms. The zero-order valence-electron chi connectivity index (χ0n) is 11.5. The van der Waals surface area contributed by atoms with Crippen LogP contribution >= 0.6 is 0 Å². The highest BCUT2D eigenvalue weighted by molar-refractivity contribution is 5.94. The summed E-state index contributed by atoms with van der Waals surface area (Å²) in [5.74, 6) is -0.792. The van der Waals surface area contributed by atoms with E-state index in [1.807, 2.05) is 0 Å². The molecule has 19 heavy (non-hydrogen) atoms. The van der Waals surface area contributed by atoms with Crippen LogP contribution in [0.1, 0.15) is 42.1 Å². The lowest BCUT2D eigenvalue weighted by Crippen LogP contribution is -2.47. The van der Waals surface area contributed by atoms with Crippen LogP contribution in [0.3, 0.4) is 0 Å². The molecular formula is C15H21FN2O. The number of hydrogen-bond acceptors (Lipinski definition) is 2. The van der Waals surface area contributed by atoms with Crippen LogP contribution in [-0.2, 0) is 0 Å². The van der Waals surface area contributed by atoms with Crippen LogP contribution in [0.5, 0.6) is 0 Å². The lowest BCUT2D eigenvalue weighted by molar-refractivity contribution is 0.0942. The van der Waals surface area contributed by atoms with E-state index in [1.165, 1.54) is 25.0 Å². The molecule has 4 heteroatoms. The molecule has 1 aliphatic rings. The summed E-state index contributed by atoms with van der Waals surface area (Å²) in [7, 11) is 0. The maximum atomic E-state index is 13.7. The van der Waals surface area contributed by atoms with Crippen molar-refractivity contribution in [3.05, 3.63) is 35.1 Å². The molecule has 104 valence electrons. The largest absolute Gasteiger partial charge is 0.350 e. The topological polar surface area (TPSA) is 41.1 Å². The molecule has 1 saturated heterocycles.